The largest absolute Gasteiger partial charge is 0.371 e. The Morgan fingerprint density at radius 3 is 2.87 bits per heavy atom. The van der Waals surface area contributed by atoms with Gasteiger partial charge in [0.15, 0.2) is 0 Å². The summed E-state index contributed by atoms with van der Waals surface area (Å²) in [5.41, 5.74) is 3.54. The first-order chi connectivity index (χ1) is 15.1. The number of hydrogen-bond donors (Lipinski definition) is 1. The molecular weight excluding hydrogens is 396 g/mol. The molecule has 3 fully saturated rings. The lowest BCUT2D eigenvalue weighted by Crippen LogP contribution is -2.57. The molecule has 1 aromatic carbocycles. The van der Waals surface area contributed by atoms with Crippen LogP contribution in [0.1, 0.15) is 22.5 Å². The second-order valence-corrected chi connectivity index (χ2v) is 7.98. The van der Waals surface area contributed by atoms with Crippen LogP contribution in [-0.4, -0.2) is 50.7 Å². The van der Waals surface area contributed by atoms with Gasteiger partial charge < -0.3 is 19.5 Å². The van der Waals surface area contributed by atoms with Crippen LogP contribution in [0.5, 0.6) is 0 Å². The van der Waals surface area contributed by atoms with Gasteiger partial charge in [-0.15, -0.1) is 0 Å². The van der Waals surface area contributed by atoms with Gasteiger partial charge in [-0.1, -0.05) is 12.1 Å². The summed E-state index contributed by atoms with van der Waals surface area (Å²) >= 11 is 0. The number of morpholine rings is 1. The van der Waals surface area contributed by atoms with Crippen molar-refractivity contribution >= 4 is 23.2 Å². The number of aryl methyl sites for hydroxylation is 1. The number of carbonyl (C=O) groups is 1. The monoisotopic (exact) mass is 416 g/mol. The Morgan fingerprint density at radius 2 is 2.03 bits per heavy atom. The fraction of sp³-hybridized carbons (Fsp3) is 0.273. The number of nitrogens with one attached hydrogen (secondary N) is 1. The number of amides is 1. The first kappa shape index (κ1) is 18.1. The minimum atomic E-state index is -0.238. The van der Waals surface area contributed by atoms with Crippen LogP contribution in [-0.2, 0) is 4.74 Å². The molecule has 4 aromatic rings. The third-order valence-electron chi connectivity index (χ3n) is 5.84. The molecule has 156 valence electrons. The summed E-state index contributed by atoms with van der Waals surface area (Å²) in [6.07, 6.45) is 5.02. The molecule has 2 bridgehead atoms. The van der Waals surface area contributed by atoms with Crippen LogP contribution in [0, 0.1) is 6.92 Å². The third kappa shape index (κ3) is 3.14. The fourth-order valence-corrected chi connectivity index (χ4v) is 4.16. The molecule has 1 amide bonds. The van der Waals surface area contributed by atoms with E-state index >= 15 is 0 Å². The molecule has 3 aliphatic rings. The van der Waals surface area contributed by atoms with Gasteiger partial charge in [0, 0.05) is 37.0 Å². The number of hydrogen-bond acceptors (Lipinski definition) is 7. The Labute approximate surface area is 177 Å². The van der Waals surface area contributed by atoms with Crippen LogP contribution < -0.4 is 10.2 Å². The van der Waals surface area contributed by atoms with Gasteiger partial charge in [0.05, 0.1) is 18.4 Å². The maximum absolute atomic E-state index is 12.9. The van der Waals surface area contributed by atoms with Gasteiger partial charge in [-0.3, -0.25) is 9.20 Å². The molecule has 9 nitrogen and oxygen atoms in total. The van der Waals surface area contributed by atoms with E-state index in [0.29, 0.717) is 23.2 Å². The number of pyridine rings is 1. The number of anilines is 2. The first-order valence-electron chi connectivity index (χ1n) is 10.2. The van der Waals surface area contributed by atoms with Gasteiger partial charge in [-0.2, -0.15) is 4.98 Å². The number of piperidine rings is 1. The normalized spacial score (nSPS) is 20.0. The van der Waals surface area contributed by atoms with E-state index in [1.54, 1.807) is 10.6 Å². The summed E-state index contributed by atoms with van der Waals surface area (Å²) < 4.78 is 12.9. The van der Waals surface area contributed by atoms with E-state index in [1.165, 1.54) is 0 Å². The summed E-state index contributed by atoms with van der Waals surface area (Å²) in [4.78, 5) is 23.8. The van der Waals surface area contributed by atoms with E-state index in [9.17, 15) is 4.79 Å². The molecule has 0 radical (unpaired) electrons. The predicted octanol–water partition coefficient (Wildman–Crippen LogP) is 2.92. The number of nitrogens with zero attached hydrogens (tertiary/aromatic N) is 5. The Kier molecular flexibility index (Phi) is 4.03. The Bertz CT molecular complexity index is 1280. The van der Waals surface area contributed by atoms with Gasteiger partial charge in [0.1, 0.15) is 11.3 Å². The van der Waals surface area contributed by atoms with Crippen molar-refractivity contribution in [3.63, 3.8) is 0 Å². The first-order valence-corrected chi connectivity index (χ1v) is 10.2. The van der Waals surface area contributed by atoms with Gasteiger partial charge in [0.2, 0.25) is 0 Å². The van der Waals surface area contributed by atoms with Crippen LogP contribution in [0.25, 0.3) is 17.1 Å². The van der Waals surface area contributed by atoms with Crippen molar-refractivity contribution < 1.29 is 14.1 Å². The lowest BCUT2D eigenvalue weighted by atomic mass is 9.99. The van der Waals surface area contributed by atoms with Crippen molar-refractivity contribution in [1.29, 1.82) is 0 Å². The number of rotatable bonds is 4. The SMILES string of the molecule is Cc1ccc(-c2nc(N3C[C@@H]4C[C@@H](C3)O4)no2)cc1NC(=O)c1cnc2ccccn12. The van der Waals surface area contributed by atoms with Crippen molar-refractivity contribution in [3.05, 3.63) is 60.0 Å². The molecule has 3 aromatic heterocycles. The van der Waals surface area contributed by atoms with Crippen LogP contribution in [0.4, 0.5) is 11.6 Å². The van der Waals surface area contributed by atoms with Crippen LogP contribution in [0.2, 0.25) is 0 Å². The summed E-state index contributed by atoms with van der Waals surface area (Å²) in [6, 6.07) is 11.3. The van der Waals surface area contributed by atoms with E-state index in [-0.39, 0.29) is 18.1 Å². The van der Waals surface area contributed by atoms with E-state index in [4.69, 9.17) is 9.26 Å². The van der Waals surface area contributed by atoms with Crippen molar-refractivity contribution in [2.24, 2.45) is 0 Å². The molecule has 0 aliphatic carbocycles. The topological polar surface area (TPSA) is 97.8 Å². The molecule has 7 rings (SSSR count). The molecule has 0 saturated carbocycles. The highest BCUT2D eigenvalue weighted by atomic mass is 16.5. The van der Waals surface area contributed by atoms with Crippen molar-refractivity contribution in [2.75, 3.05) is 23.3 Å². The maximum Gasteiger partial charge on any atom is 0.274 e. The quantitative estimate of drug-likeness (QED) is 0.546. The average Bonchev–Trinajstić information content (AvgIpc) is 3.42. The predicted molar refractivity (Wildman–Crippen MR) is 113 cm³/mol. The Hall–Kier alpha value is -3.72. The number of fused-ring (bicyclic) bond motifs is 3. The summed E-state index contributed by atoms with van der Waals surface area (Å²) in [6.45, 7) is 3.50. The third-order valence-corrected chi connectivity index (χ3v) is 5.84. The van der Waals surface area contributed by atoms with Gasteiger partial charge in [-0.25, -0.2) is 4.98 Å². The zero-order valence-electron chi connectivity index (χ0n) is 16.9. The van der Waals surface area contributed by atoms with E-state index in [1.807, 2.05) is 49.5 Å². The van der Waals surface area contributed by atoms with Gasteiger partial charge in [-0.05, 0) is 41.9 Å². The van der Waals surface area contributed by atoms with E-state index in [2.05, 4.69) is 25.3 Å². The number of ether oxygens (including phenoxy) is 1. The lowest BCUT2D eigenvalue weighted by molar-refractivity contribution is -0.133. The van der Waals surface area contributed by atoms with E-state index < -0.39 is 0 Å². The molecule has 0 unspecified atom stereocenters. The standard InChI is InChI=1S/C22H20N6O3/c1-13-5-6-14(21-25-22(26-31-21)27-11-15-9-16(12-27)30-15)8-17(13)24-20(29)18-10-23-19-4-2-3-7-28(18)19/h2-8,10,15-16H,9,11-12H2,1H3,(H,24,29)/t15-,16-/m0/s1. The van der Waals surface area contributed by atoms with E-state index in [0.717, 1.165) is 36.3 Å². The molecule has 3 saturated heterocycles. The molecular formula is C22H20N6O3. The zero-order valence-corrected chi connectivity index (χ0v) is 16.9. The molecule has 2 atom stereocenters. The van der Waals surface area contributed by atoms with Crippen LogP contribution in [0.15, 0.2) is 53.3 Å². The van der Waals surface area contributed by atoms with Gasteiger partial charge >= 0.3 is 0 Å². The number of imidazole rings is 1. The van der Waals surface area contributed by atoms with Crippen molar-refractivity contribution in [1.82, 2.24) is 19.5 Å². The Balaban J connectivity index is 1.25. The number of aromatic nitrogens is 4. The molecule has 0 spiro atoms. The lowest BCUT2D eigenvalue weighted by Gasteiger charge is -2.46. The second kappa shape index (κ2) is 6.92. The molecule has 1 N–H and O–H groups in total. The highest BCUT2D eigenvalue weighted by molar-refractivity contribution is 6.04. The molecule has 31 heavy (non-hydrogen) atoms. The molecule has 9 heteroatoms. The highest BCUT2D eigenvalue weighted by Gasteiger charge is 2.39. The minimum Gasteiger partial charge on any atom is -0.371 e. The summed E-state index contributed by atoms with van der Waals surface area (Å²) in [5, 5.41) is 7.12. The highest BCUT2D eigenvalue weighted by Crippen LogP contribution is 2.31. The number of carbonyl (C=O) groups excluding carboxylic acids is 1. The van der Waals surface area contributed by atoms with Crippen molar-refractivity contribution in [3.8, 4) is 11.5 Å². The van der Waals surface area contributed by atoms with Crippen LogP contribution >= 0.6 is 0 Å². The summed E-state index contributed by atoms with van der Waals surface area (Å²) in [7, 11) is 0. The molecule has 3 aliphatic heterocycles. The zero-order chi connectivity index (χ0) is 20.9. The Morgan fingerprint density at radius 1 is 1.19 bits per heavy atom. The fourth-order valence-electron chi connectivity index (χ4n) is 4.16. The number of benzene rings is 1. The smallest absolute Gasteiger partial charge is 0.274 e. The van der Waals surface area contributed by atoms with Crippen LogP contribution in [0.3, 0.4) is 0 Å². The van der Waals surface area contributed by atoms with Crippen molar-refractivity contribution in [2.45, 2.75) is 25.6 Å². The minimum absolute atomic E-state index is 0.238. The molecule has 6 heterocycles. The van der Waals surface area contributed by atoms with Gasteiger partial charge in [0.25, 0.3) is 17.7 Å². The maximum atomic E-state index is 12.9. The average molecular weight is 416 g/mol. The summed E-state index contributed by atoms with van der Waals surface area (Å²) in [5.74, 6) is 0.753. The second-order valence-electron chi connectivity index (χ2n) is 7.98.